The largest absolute Gasteiger partial charge is 0.494 e. The minimum absolute atomic E-state index is 0.0566. The fourth-order valence-electron chi connectivity index (χ4n) is 2.85. The smallest absolute Gasteiger partial charge is 0.240 e. The van der Waals surface area contributed by atoms with E-state index in [-0.39, 0.29) is 24.7 Å². The third-order valence-electron chi connectivity index (χ3n) is 4.45. The van der Waals surface area contributed by atoms with Gasteiger partial charge >= 0.3 is 0 Å². The molecule has 2 amide bonds. The molecule has 30 heavy (non-hydrogen) atoms. The number of carbonyl (C=O) groups excluding carboxylic acids is 2. The van der Waals surface area contributed by atoms with Crippen LogP contribution in [0.3, 0.4) is 0 Å². The van der Waals surface area contributed by atoms with Crippen molar-refractivity contribution in [3.05, 3.63) is 54.1 Å². The van der Waals surface area contributed by atoms with Crippen LogP contribution in [0, 0.1) is 0 Å². The van der Waals surface area contributed by atoms with Crippen molar-refractivity contribution in [2.24, 2.45) is 5.10 Å². The fourth-order valence-corrected chi connectivity index (χ4v) is 2.85. The Hall–Kier alpha value is -3.35. The highest BCUT2D eigenvalue weighted by molar-refractivity contribution is 5.93. The SMILES string of the molecule is CCOc1ccc(NC(=O)CCC(=O)NN=Cc2ccc(N(CC)CC)cc2)cc1. The maximum absolute atomic E-state index is 12.0. The van der Waals surface area contributed by atoms with Crippen molar-refractivity contribution in [2.75, 3.05) is 29.9 Å². The third kappa shape index (κ3) is 7.58. The molecule has 0 unspecified atom stereocenters. The van der Waals surface area contributed by atoms with Crippen molar-refractivity contribution in [2.45, 2.75) is 33.6 Å². The van der Waals surface area contributed by atoms with Gasteiger partial charge in [0.25, 0.3) is 0 Å². The van der Waals surface area contributed by atoms with E-state index in [1.54, 1.807) is 30.5 Å². The number of amides is 2. The lowest BCUT2D eigenvalue weighted by Gasteiger charge is -2.20. The maximum Gasteiger partial charge on any atom is 0.240 e. The second-order valence-corrected chi connectivity index (χ2v) is 6.56. The van der Waals surface area contributed by atoms with Gasteiger partial charge in [-0.25, -0.2) is 5.43 Å². The van der Waals surface area contributed by atoms with E-state index in [2.05, 4.69) is 34.6 Å². The van der Waals surface area contributed by atoms with Gasteiger partial charge in [0.1, 0.15) is 5.75 Å². The topological polar surface area (TPSA) is 83.0 Å². The van der Waals surface area contributed by atoms with Gasteiger partial charge in [0.15, 0.2) is 0 Å². The van der Waals surface area contributed by atoms with Crippen LogP contribution in [-0.4, -0.2) is 37.7 Å². The molecule has 2 aromatic carbocycles. The molecule has 0 radical (unpaired) electrons. The first kappa shape index (κ1) is 22.9. The monoisotopic (exact) mass is 410 g/mol. The van der Waals surface area contributed by atoms with Gasteiger partial charge in [0, 0.05) is 37.3 Å². The van der Waals surface area contributed by atoms with Gasteiger partial charge in [0.05, 0.1) is 12.8 Å². The van der Waals surface area contributed by atoms with Crippen molar-refractivity contribution >= 4 is 29.4 Å². The predicted octanol–water partition coefficient (Wildman–Crippen LogP) is 3.80. The van der Waals surface area contributed by atoms with Gasteiger partial charge < -0.3 is 15.0 Å². The number of benzene rings is 2. The first-order valence-corrected chi connectivity index (χ1v) is 10.2. The van der Waals surface area contributed by atoms with Crippen molar-refractivity contribution in [1.29, 1.82) is 0 Å². The molecule has 0 bridgehead atoms. The van der Waals surface area contributed by atoms with Crippen molar-refractivity contribution in [3.8, 4) is 5.75 Å². The average molecular weight is 411 g/mol. The zero-order chi connectivity index (χ0) is 21.8. The Balaban J connectivity index is 1.73. The molecule has 0 aliphatic heterocycles. The molecule has 0 saturated carbocycles. The Labute approximate surface area is 178 Å². The van der Waals surface area contributed by atoms with E-state index in [4.69, 9.17) is 4.74 Å². The Bertz CT molecular complexity index is 829. The number of hydrazone groups is 1. The average Bonchev–Trinajstić information content (AvgIpc) is 2.76. The number of nitrogens with one attached hydrogen (secondary N) is 2. The Kier molecular flexibility index (Phi) is 9.37. The molecule has 0 fully saturated rings. The lowest BCUT2D eigenvalue weighted by molar-refractivity contribution is -0.124. The molecule has 0 aromatic heterocycles. The van der Waals surface area contributed by atoms with Crippen molar-refractivity contribution < 1.29 is 14.3 Å². The predicted molar refractivity (Wildman–Crippen MR) is 121 cm³/mol. The summed E-state index contributed by atoms with van der Waals surface area (Å²) in [5.74, 6) is 0.202. The zero-order valence-electron chi connectivity index (χ0n) is 17.9. The summed E-state index contributed by atoms with van der Waals surface area (Å²) in [6, 6.07) is 15.1. The summed E-state index contributed by atoms with van der Waals surface area (Å²) in [6.07, 6.45) is 1.72. The molecule has 7 heteroatoms. The molecular formula is C23H30N4O3. The summed E-state index contributed by atoms with van der Waals surface area (Å²) >= 11 is 0. The summed E-state index contributed by atoms with van der Waals surface area (Å²) in [5, 5.41) is 6.72. The maximum atomic E-state index is 12.0. The zero-order valence-corrected chi connectivity index (χ0v) is 17.9. The lowest BCUT2D eigenvalue weighted by Crippen LogP contribution is -2.21. The van der Waals surface area contributed by atoms with Crippen LogP contribution < -0.4 is 20.4 Å². The van der Waals surface area contributed by atoms with Crippen LogP contribution in [0.15, 0.2) is 53.6 Å². The van der Waals surface area contributed by atoms with Crippen LogP contribution in [0.2, 0.25) is 0 Å². The third-order valence-corrected chi connectivity index (χ3v) is 4.45. The van der Waals surface area contributed by atoms with Crippen LogP contribution in [0.1, 0.15) is 39.2 Å². The van der Waals surface area contributed by atoms with Gasteiger partial charge in [-0.2, -0.15) is 5.10 Å². The molecule has 2 N–H and O–H groups in total. The number of hydrogen-bond donors (Lipinski definition) is 2. The molecule has 0 heterocycles. The highest BCUT2D eigenvalue weighted by Gasteiger charge is 2.07. The molecule has 2 aromatic rings. The van der Waals surface area contributed by atoms with E-state index in [0.717, 1.165) is 30.1 Å². The van der Waals surface area contributed by atoms with Crippen molar-refractivity contribution in [3.63, 3.8) is 0 Å². The Morgan fingerprint density at radius 3 is 2.17 bits per heavy atom. The fraction of sp³-hybridized carbons (Fsp3) is 0.348. The second-order valence-electron chi connectivity index (χ2n) is 6.56. The number of ether oxygens (including phenoxy) is 1. The van der Waals surface area contributed by atoms with E-state index in [1.807, 2.05) is 31.2 Å². The summed E-state index contributed by atoms with van der Waals surface area (Å²) in [4.78, 5) is 26.1. The van der Waals surface area contributed by atoms with Gasteiger partial charge in [-0.1, -0.05) is 12.1 Å². The molecule has 160 valence electrons. The summed E-state index contributed by atoms with van der Waals surface area (Å²) in [7, 11) is 0. The summed E-state index contributed by atoms with van der Waals surface area (Å²) < 4.78 is 5.36. The first-order chi connectivity index (χ1) is 14.5. The molecular weight excluding hydrogens is 380 g/mol. The van der Waals surface area contributed by atoms with E-state index in [9.17, 15) is 9.59 Å². The van der Waals surface area contributed by atoms with Gasteiger partial charge in [-0.05, 0) is 62.7 Å². The van der Waals surface area contributed by atoms with E-state index in [1.165, 1.54) is 0 Å². The normalized spacial score (nSPS) is 10.6. The van der Waals surface area contributed by atoms with E-state index in [0.29, 0.717) is 12.3 Å². The van der Waals surface area contributed by atoms with E-state index < -0.39 is 0 Å². The standard InChI is InChI=1S/C23H30N4O3/c1-4-27(5-2)20-11-7-18(8-12-20)17-24-26-23(29)16-15-22(28)25-19-9-13-21(14-10-19)30-6-3/h7-14,17H,4-6,15-16H2,1-3H3,(H,25,28)(H,26,29). The molecule has 7 nitrogen and oxygen atoms in total. The van der Waals surface area contributed by atoms with Crippen molar-refractivity contribution in [1.82, 2.24) is 5.43 Å². The quantitative estimate of drug-likeness (QED) is 0.436. The molecule has 0 saturated heterocycles. The minimum Gasteiger partial charge on any atom is -0.494 e. The number of carbonyl (C=O) groups is 2. The Morgan fingerprint density at radius 1 is 0.933 bits per heavy atom. The number of anilines is 2. The molecule has 2 rings (SSSR count). The highest BCUT2D eigenvalue weighted by atomic mass is 16.5. The van der Waals surface area contributed by atoms with Gasteiger partial charge in [0.2, 0.25) is 11.8 Å². The van der Waals surface area contributed by atoms with Gasteiger partial charge in [-0.15, -0.1) is 0 Å². The molecule has 0 aliphatic carbocycles. The number of hydrogen-bond acceptors (Lipinski definition) is 5. The molecule has 0 spiro atoms. The van der Waals surface area contributed by atoms with Crippen LogP contribution >= 0.6 is 0 Å². The highest BCUT2D eigenvalue weighted by Crippen LogP contribution is 2.16. The van der Waals surface area contributed by atoms with Gasteiger partial charge in [-0.3, -0.25) is 9.59 Å². The van der Waals surface area contributed by atoms with Crippen LogP contribution in [0.4, 0.5) is 11.4 Å². The van der Waals surface area contributed by atoms with Crippen LogP contribution in [0.5, 0.6) is 5.75 Å². The summed E-state index contributed by atoms with van der Waals surface area (Å²) in [5.41, 5.74) is 5.16. The summed E-state index contributed by atoms with van der Waals surface area (Å²) in [6.45, 7) is 8.64. The molecule has 0 atom stereocenters. The lowest BCUT2D eigenvalue weighted by atomic mass is 10.2. The number of rotatable bonds is 11. The van der Waals surface area contributed by atoms with E-state index >= 15 is 0 Å². The first-order valence-electron chi connectivity index (χ1n) is 10.2. The van der Waals surface area contributed by atoms with Crippen LogP contribution in [-0.2, 0) is 9.59 Å². The molecule has 0 aliphatic rings. The van der Waals surface area contributed by atoms with Crippen LogP contribution in [0.25, 0.3) is 0 Å². The number of nitrogens with zero attached hydrogens (tertiary/aromatic N) is 2. The minimum atomic E-state index is -0.312. The Morgan fingerprint density at radius 2 is 1.57 bits per heavy atom. The second kappa shape index (κ2) is 12.3.